The average Bonchev–Trinajstić information content (AvgIpc) is 2.25. The van der Waals surface area contributed by atoms with E-state index in [1.165, 1.54) is 19.1 Å². The van der Waals surface area contributed by atoms with Crippen LogP contribution in [0.15, 0.2) is 18.2 Å². The molecule has 0 saturated heterocycles. The monoisotopic (exact) mass is 241 g/mol. The highest BCUT2D eigenvalue weighted by Gasteiger charge is 2.21. The molecule has 1 amide bonds. The third kappa shape index (κ3) is 3.61. The molecule has 0 fully saturated rings. The summed E-state index contributed by atoms with van der Waals surface area (Å²) in [5.74, 6) is -0.791. The van der Waals surface area contributed by atoms with Crippen molar-refractivity contribution < 1.29 is 25.2 Å². The Morgan fingerprint density at radius 1 is 1.35 bits per heavy atom. The van der Waals surface area contributed by atoms with Crippen molar-refractivity contribution in [3.05, 3.63) is 23.8 Å². The number of nitrogens with one attached hydrogen (secondary N) is 1. The molecule has 6 nitrogen and oxygen atoms in total. The van der Waals surface area contributed by atoms with Crippen molar-refractivity contribution in [2.24, 2.45) is 0 Å². The predicted octanol–water partition coefficient (Wildman–Crippen LogP) is -0.372. The topological polar surface area (TPSA) is 110 Å². The van der Waals surface area contributed by atoms with Crippen LogP contribution in [0, 0.1) is 0 Å². The van der Waals surface area contributed by atoms with Gasteiger partial charge in [0.25, 0.3) is 0 Å². The number of aliphatic hydroxyl groups excluding tert-OH is 2. The Labute approximate surface area is 98.1 Å². The molecule has 1 rings (SSSR count). The molecule has 1 aromatic carbocycles. The van der Waals surface area contributed by atoms with Crippen molar-refractivity contribution in [2.75, 3.05) is 6.54 Å². The van der Waals surface area contributed by atoms with Gasteiger partial charge in [0.1, 0.15) is 23.7 Å². The van der Waals surface area contributed by atoms with E-state index in [0.717, 1.165) is 6.07 Å². The van der Waals surface area contributed by atoms with Gasteiger partial charge in [-0.1, -0.05) is 0 Å². The number of aliphatic hydroxyl groups is 2. The standard InChI is InChI=1S/C11H15NO5/c1-6(13)12-5-10(16)11(17)8-3-2-7(14)4-9(8)15/h2-4,10-11,14-17H,5H2,1H3,(H,12,13). The number of phenols is 2. The smallest absolute Gasteiger partial charge is 0.216 e. The minimum absolute atomic E-state index is 0.0839. The summed E-state index contributed by atoms with van der Waals surface area (Å²) in [6.07, 6.45) is -2.59. The number of carbonyl (C=O) groups is 1. The van der Waals surface area contributed by atoms with E-state index in [4.69, 9.17) is 5.11 Å². The van der Waals surface area contributed by atoms with E-state index < -0.39 is 12.2 Å². The predicted molar refractivity (Wildman–Crippen MR) is 59.4 cm³/mol. The summed E-state index contributed by atoms with van der Waals surface area (Å²) in [6, 6.07) is 3.64. The highest BCUT2D eigenvalue weighted by molar-refractivity contribution is 5.72. The number of aromatic hydroxyl groups is 2. The number of hydrogen-bond acceptors (Lipinski definition) is 5. The Morgan fingerprint density at radius 3 is 2.53 bits per heavy atom. The summed E-state index contributed by atoms with van der Waals surface area (Å²) in [4.78, 5) is 10.6. The number of hydrogen-bond donors (Lipinski definition) is 5. The van der Waals surface area contributed by atoms with Crippen molar-refractivity contribution in [1.29, 1.82) is 0 Å². The number of benzene rings is 1. The molecule has 94 valence electrons. The fourth-order valence-corrected chi connectivity index (χ4v) is 1.35. The zero-order valence-corrected chi connectivity index (χ0v) is 9.29. The zero-order valence-electron chi connectivity index (χ0n) is 9.29. The Balaban J connectivity index is 2.74. The number of carbonyl (C=O) groups excluding carboxylic acids is 1. The molecule has 0 heterocycles. The second-order valence-corrected chi connectivity index (χ2v) is 3.69. The molecular weight excluding hydrogens is 226 g/mol. The molecule has 0 spiro atoms. The summed E-state index contributed by atoms with van der Waals surface area (Å²) in [5.41, 5.74) is 0.0839. The van der Waals surface area contributed by atoms with Crippen molar-refractivity contribution >= 4 is 5.91 Å². The number of phenolic OH excluding ortho intramolecular Hbond substituents is 2. The molecule has 5 N–H and O–H groups in total. The SMILES string of the molecule is CC(=O)NCC(O)C(O)c1ccc(O)cc1O. The molecule has 0 radical (unpaired) electrons. The van der Waals surface area contributed by atoms with Crippen LogP contribution in [0.5, 0.6) is 11.5 Å². The van der Waals surface area contributed by atoms with E-state index >= 15 is 0 Å². The third-order valence-corrected chi connectivity index (χ3v) is 2.26. The summed E-state index contributed by atoms with van der Waals surface area (Å²) in [6.45, 7) is 1.16. The second kappa shape index (κ2) is 5.51. The first-order valence-corrected chi connectivity index (χ1v) is 5.04. The van der Waals surface area contributed by atoms with E-state index in [1.54, 1.807) is 0 Å². The van der Waals surface area contributed by atoms with Gasteiger partial charge in [0.05, 0.1) is 0 Å². The van der Waals surface area contributed by atoms with Crippen LogP contribution in [0.25, 0.3) is 0 Å². The summed E-state index contributed by atoms with van der Waals surface area (Å²) in [7, 11) is 0. The lowest BCUT2D eigenvalue weighted by molar-refractivity contribution is -0.119. The van der Waals surface area contributed by atoms with Gasteiger partial charge in [0.15, 0.2) is 0 Å². The quantitative estimate of drug-likeness (QED) is 0.494. The van der Waals surface area contributed by atoms with Crippen LogP contribution in [0.4, 0.5) is 0 Å². The van der Waals surface area contributed by atoms with Crippen molar-refractivity contribution in [1.82, 2.24) is 5.32 Å². The summed E-state index contributed by atoms with van der Waals surface area (Å²) in [5, 5.41) is 40.2. The van der Waals surface area contributed by atoms with E-state index in [-0.39, 0.29) is 29.5 Å². The molecule has 0 aliphatic carbocycles. The average molecular weight is 241 g/mol. The zero-order chi connectivity index (χ0) is 13.0. The first kappa shape index (κ1) is 13.3. The van der Waals surface area contributed by atoms with E-state index in [2.05, 4.69) is 5.32 Å². The second-order valence-electron chi connectivity index (χ2n) is 3.69. The summed E-state index contributed by atoms with van der Waals surface area (Å²) < 4.78 is 0. The Morgan fingerprint density at radius 2 is 2.00 bits per heavy atom. The van der Waals surface area contributed by atoms with Crippen LogP contribution < -0.4 is 5.32 Å². The maximum Gasteiger partial charge on any atom is 0.216 e. The first-order valence-electron chi connectivity index (χ1n) is 5.04. The molecule has 0 aliphatic rings. The Hall–Kier alpha value is -1.79. The fourth-order valence-electron chi connectivity index (χ4n) is 1.35. The van der Waals surface area contributed by atoms with Gasteiger partial charge in [-0.05, 0) is 12.1 Å². The van der Waals surface area contributed by atoms with Gasteiger partial charge in [-0.2, -0.15) is 0 Å². The van der Waals surface area contributed by atoms with Crippen LogP contribution in [0.2, 0.25) is 0 Å². The van der Waals surface area contributed by atoms with Crippen molar-refractivity contribution in [2.45, 2.75) is 19.1 Å². The number of amides is 1. The Kier molecular flexibility index (Phi) is 4.30. The number of rotatable bonds is 4. The van der Waals surface area contributed by atoms with E-state index in [9.17, 15) is 20.1 Å². The minimum Gasteiger partial charge on any atom is -0.508 e. The molecule has 1 aromatic rings. The van der Waals surface area contributed by atoms with Crippen molar-refractivity contribution in [3.8, 4) is 11.5 Å². The van der Waals surface area contributed by atoms with Gasteiger partial charge in [0, 0.05) is 25.1 Å². The van der Waals surface area contributed by atoms with E-state index in [1.807, 2.05) is 0 Å². The van der Waals surface area contributed by atoms with Crippen LogP contribution in [-0.2, 0) is 4.79 Å². The van der Waals surface area contributed by atoms with Crippen LogP contribution in [0.1, 0.15) is 18.6 Å². The summed E-state index contributed by atoms with van der Waals surface area (Å²) >= 11 is 0. The lowest BCUT2D eigenvalue weighted by Gasteiger charge is -2.19. The van der Waals surface area contributed by atoms with Gasteiger partial charge in [0.2, 0.25) is 5.91 Å². The van der Waals surface area contributed by atoms with Crippen molar-refractivity contribution in [3.63, 3.8) is 0 Å². The first-order chi connectivity index (χ1) is 7.91. The van der Waals surface area contributed by atoms with E-state index in [0.29, 0.717) is 0 Å². The molecule has 2 atom stereocenters. The maximum absolute atomic E-state index is 10.6. The Bertz CT molecular complexity index is 407. The van der Waals surface area contributed by atoms with Gasteiger partial charge in [-0.25, -0.2) is 0 Å². The molecule has 0 saturated carbocycles. The van der Waals surface area contributed by atoms with Gasteiger partial charge in [-0.15, -0.1) is 0 Å². The lowest BCUT2D eigenvalue weighted by atomic mass is 10.0. The maximum atomic E-state index is 10.6. The molecule has 6 heteroatoms. The molecular formula is C11H15NO5. The third-order valence-electron chi connectivity index (χ3n) is 2.26. The normalized spacial score (nSPS) is 14.1. The van der Waals surface area contributed by atoms with Crippen LogP contribution in [-0.4, -0.2) is 39.0 Å². The molecule has 0 bridgehead atoms. The molecule has 0 aromatic heterocycles. The molecule has 0 aliphatic heterocycles. The lowest BCUT2D eigenvalue weighted by Crippen LogP contribution is -2.34. The van der Waals surface area contributed by atoms with Crippen LogP contribution >= 0.6 is 0 Å². The highest BCUT2D eigenvalue weighted by atomic mass is 16.3. The van der Waals surface area contributed by atoms with Gasteiger partial charge in [-0.3, -0.25) is 4.79 Å². The van der Waals surface area contributed by atoms with Gasteiger partial charge >= 0.3 is 0 Å². The molecule has 17 heavy (non-hydrogen) atoms. The highest BCUT2D eigenvalue weighted by Crippen LogP contribution is 2.29. The minimum atomic E-state index is -1.34. The van der Waals surface area contributed by atoms with Crippen LogP contribution in [0.3, 0.4) is 0 Å². The fraction of sp³-hybridized carbons (Fsp3) is 0.364. The molecule has 2 unspecified atom stereocenters. The van der Waals surface area contributed by atoms with Gasteiger partial charge < -0.3 is 25.7 Å². The largest absolute Gasteiger partial charge is 0.508 e.